The van der Waals surface area contributed by atoms with Gasteiger partial charge in [0, 0.05) is 24.5 Å². The van der Waals surface area contributed by atoms with Crippen LogP contribution in [-0.4, -0.2) is 44.1 Å². The van der Waals surface area contributed by atoms with Crippen molar-refractivity contribution in [3.63, 3.8) is 0 Å². The first-order chi connectivity index (χ1) is 20.0. The Bertz CT molecular complexity index is 1740. The Hall–Kier alpha value is -4.77. The maximum absolute atomic E-state index is 13.4. The fraction of sp³-hybridized carbons (Fsp3) is 0.194. The van der Waals surface area contributed by atoms with Gasteiger partial charge in [0.2, 0.25) is 11.8 Å². The Balaban J connectivity index is 1.53. The Morgan fingerprint density at radius 3 is 2.19 bits per heavy atom. The average Bonchev–Trinajstić information content (AvgIpc) is 2.96. The molecule has 4 N–H and O–H groups in total. The molecular formula is C31H31FN4O5S. The Morgan fingerprint density at radius 2 is 1.55 bits per heavy atom. The van der Waals surface area contributed by atoms with Crippen LogP contribution in [0.2, 0.25) is 0 Å². The highest BCUT2D eigenvalue weighted by atomic mass is 32.2. The van der Waals surface area contributed by atoms with Gasteiger partial charge in [-0.2, -0.15) is 0 Å². The van der Waals surface area contributed by atoms with Crippen LogP contribution < -0.4 is 15.8 Å². The second kappa shape index (κ2) is 12.8. The lowest BCUT2D eigenvalue weighted by molar-refractivity contribution is -0.141. The molecule has 0 saturated carbocycles. The van der Waals surface area contributed by atoms with Crippen LogP contribution in [0.3, 0.4) is 0 Å². The van der Waals surface area contributed by atoms with Crippen molar-refractivity contribution in [3.05, 3.63) is 102 Å². The molecule has 3 amide bonds. The molecule has 0 fully saturated rings. The van der Waals surface area contributed by atoms with E-state index in [-0.39, 0.29) is 22.6 Å². The SMILES string of the molecule is CCN(CC)C(=O)[C@H](Cc1ccc(NC(=O)c2ccc(F)cc2N)cc1)C(=O)NS(=O)(=O)c1ccc2ccccc2c1. The lowest BCUT2D eigenvalue weighted by Gasteiger charge is -2.25. The minimum Gasteiger partial charge on any atom is -0.398 e. The molecular weight excluding hydrogens is 559 g/mol. The summed E-state index contributed by atoms with van der Waals surface area (Å²) in [4.78, 5) is 40.7. The van der Waals surface area contributed by atoms with Gasteiger partial charge >= 0.3 is 0 Å². The smallest absolute Gasteiger partial charge is 0.264 e. The zero-order valence-corrected chi connectivity index (χ0v) is 24.0. The number of nitrogens with zero attached hydrogens (tertiary/aromatic N) is 1. The maximum atomic E-state index is 13.4. The largest absolute Gasteiger partial charge is 0.398 e. The van der Waals surface area contributed by atoms with Crippen LogP contribution in [0.25, 0.3) is 10.8 Å². The lowest BCUT2D eigenvalue weighted by Crippen LogP contribution is -2.46. The number of carbonyl (C=O) groups is 3. The predicted octanol–water partition coefficient (Wildman–Crippen LogP) is 4.35. The number of nitrogen functional groups attached to an aromatic ring is 1. The molecule has 0 radical (unpaired) electrons. The molecule has 0 heterocycles. The number of halogens is 1. The van der Waals surface area contributed by atoms with E-state index in [1.165, 1.54) is 23.1 Å². The number of hydrogen-bond donors (Lipinski definition) is 3. The molecule has 4 aromatic carbocycles. The summed E-state index contributed by atoms with van der Waals surface area (Å²) in [7, 11) is -4.27. The molecule has 1 atom stereocenters. The summed E-state index contributed by atoms with van der Waals surface area (Å²) in [6.07, 6.45) is -0.0758. The third-order valence-corrected chi connectivity index (χ3v) is 8.21. The maximum Gasteiger partial charge on any atom is 0.264 e. The number of benzene rings is 4. The van der Waals surface area contributed by atoms with E-state index in [4.69, 9.17) is 5.73 Å². The van der Waals surface area contributed by atoms with Gasteiger partial charge in [0.25, 0.3) is 15.9 Å². The monoisotopic (exact) mass is 590 g/mol. The molecule has 0 saturated heterocycles. The predicted molar refractivity (Wildman–Crippen MR) is 160 cm³/mol. The van der Waals surface area contributed by atoms with E-state index in [9.17, 15) is 27.2 Å². The third-order valence-electron chi connectivity index (χ3n) is 6.87. The van der Waals surface area contributed by atoms with Crippen LogP contribution in [0.1, 0.15) is 29.8 Å². The first kappa shape index (κ1) is 30.2. The molecule has 0 aromatic heterocycles. The zero-order chi connectivity index (χ0) is 30.4. The van der Waals surface area contributed by atoms with Gasteiger partial charge in [-0.1, -0.05) is 42.5 Å². The van der Waals surface area contributed by atoms with E-state index in [1.54, 1.807) is 56.3 Å². The topological polar surface area (TPSA) is 139 Å². The van der Waals surface area contributed by atoms with Crippen LogP contribution in [0.5, 0.6) is 0 Å². The third kappa shape index (κ3) is 6.92. The van der Waals surface area contributed by atoms with Crippen molar-refractivity contribution in [3.8, 4) is 0 Å². The van der Waals surface area contributed by atoms with Crippen molar-refractivity contribution < 1.29 is 27.2 Å². The number of rotatable bonds is 10. The summed E-state index contributed by atoms with van der Waals surface area (Å²) in [5.41, 5.74) is 6.82. The van der Waals surface area contributed by atoms with Crippen molar-refractivity contribution in [1.29, 1.82) is 0 Å². The summed E-state index contributed by atoms with van der Waals surface area (Å²) in [6, 6.07) is 21.6. The van der Waals surface area contributed by atoms with Gasteiger partial charge < -0.3 is 16.0 Å². The average molecular weight is 591 g/mol. The molecule has 0 unspecified atom stereocenters. The molecule has 0 bridgehead atoms. The Morgan fingerprint density at radius 1 is 0.881 bits per heavy atom. The standard InChI is InChI=1S/C31H31FN4O5S/c1-3-36(4-2)31(39)27(30(38)35-42(40,41)25-15-11-21-7-5-6-8-22(21)18-25)17-20-9-13-24(14-10-20)34-29(37)26-16-12-23(32)19-28(26)33/h5-16,18-19,27H,3-4,17,33H2,1-2H3,(H,34,37)(H,35,38)/t27-/m1/s1. The molecule has 9 nitrogen and oxygen atoms in total. The highest BCUT2D eigenvalue weighted by molar-refractivity contribution is 7.90. The number of fused-ring (bicyclic) bond motifs is 1. The second-order valence-corrected chi connectivity index (χ2v) is 11.3. The molecule has 11 heteroatoms. The summed E-state index contributed by atoms with van der Waals surface area (Å²) in [5.74, 6) is -3.86. The summed E-state index contributed by atoms with van der Waals surface area (Å²) in [6.45, 7) is 4.23. The van der Waals surface area contributed by atoms with E-state index < -0.39 is 39.5 Å². The molecule has 0 spiro atoms. The fourth-order valence-electron chi connectivity index (χ4n) is 4.54. The molecule has 218 valence electrons. The van der Waals surface area contributed by atoms with Crippen LogP contribution >= 0.6 is 0 Å². The zero-order valence-electron chi connectivity index (χ0n) is 23.1. The number of carbonyl (C=O) groups excluding carboxylic acids is 3. The van der Waals surface area contributed by atoms with E-state index >= 15 is 0 Å². The van der Waals surface area contributed by atoms with Crippen LogP contribution in [0.15, 0.2) is 89.8 Å². The number of sulfonamides is 1. The van der Waals surface area contributed by atoms with E-state index in [0.29, 0.717) is 29.7 Å². The van der Waals surface area contributed by atoms with Gasteiger partial charge in [-0.05, 0) is 79.1 Å². The Kier molecular flexibility index (Phi) is 9.21. The summed E-state index contributed by atoms with van der Waals surface area (Å²) < 4.78 is 41.7. The van der Waals surface area contributed by atoms with Crippen molar-refractivity contribution in [2.45, 2.75) is 25.2 Å². The summed E-state index contributed by atoms with van der Waals surface area (Å²) in [5, 5.41) is 4.21. The van der Waals surface area contributed by atoms with E-state index in [1.807, 2.05) is 12.1 Å². The summed E-state index contributed by atoms with van der Waals surface area (Å²) >= 11 is 0. The van der Waals surface area contributed by atoms with Gasteiger partial charge in [0.05, 0.1) is 10.5 Å². The first-order valence-electron chi connectivity index (χ1n) is 13.3. The van der Waals surface area contributed by atoms with Crippen LogP contribution in [0.4, 0.5) is 15.8 Å². The Labute approximate surface area is 243 Å². The minimum atomic E-state index is -4.27. The molecule has 4 aromatic rings. The number of hydrogen-bond acceptors (Lipinski definition) is 6. The second-order valence-electron chi connectivity index (χ2n) is 9.63. The molecule has 0 aliphatic carbocycles. The van der Waals surface area contributed by atoms with Crippen molar-refractivity contribution in [2.75, 3.05) is 24.1 Å². The number of amides is 3. The quantitative estimate of drug-likeness (QED) is 0.186. The van der Waals surface area contributed by atoms with E-state index in [2.05, 4.69) is 10.0 Å². The van der Waals surface area contributed by atoms with Gasteiger partial charge in [-0.3, -0.25) is 14.4 Å². The highest BCUT2D eigenvalue weighted by Gasteiger charge is 2.33. The number of nitrogens with one attached hydrogen (secondary N) is 2. The number of anilines is 2. The fourth-order valence-corrected chi connectivity index (χ4v) is 5.60. The normalized spacial score (nSPS) is 12.0. The van der Waals surface area contributed by atoms with Gasteiger partial charge in [0.1, 0.15) is 11.7 Å². The van der Waals surface area contributed by atoms with E-state index in [0.717, 1.165) is 17.5 Å². The van der Waals surface area contributed by atoms with Gasteiger partial charge in [-0.15, -0.1) is 0 Å². The van der Waals surface area contributed by atoms with Crippen LogP contribution in [0, 0.1) is 11.7 Å². The first-order valence-corrected chi connectivity index (χ1v) is 14.8. The van der Waals surface area contributed by atoms with Crippen molar-refractivity contribution in [1.82, 2.24) is 9.62 Å². The molecule has 0 aliphatic heterocycles. The van der Waals surface area contributed by atoms with Gasteiger partial charge in [0.15, 0.2) is 0 Å². The van der Waals surface area contributed by atoms with Crippen LogP contribution in [-0.2, 0) is 26.0 Å². The van der Waals surface area contributed by atoms with Crippen molar-refractivity contribution in [2.24, 2.45) is 5.92 Å². The minimum absolute atomic E-state index is 0.00784. The highest BCUT2D eigenvalue weighted by Crippen LogP contribution is 2.21. The lowest BCUT2D eigenvalue weighted by atomic mass is 9.97. The molecule has 4 rings (SSSR count). The number of nitrogens with two attached hydrogens (primary N) is 1. The van der Waals surface area contributed by atoms with Gasteiger partial charge in [-0.25, -0.2) is 17.5 Å². The van der Waals surface area contributed by atoms with Crippen molar-refractivity contribution >= 4 is 49.9 Å². The molecule has 42 heavy (non-hydrogen) atoms. The molecule has 0 aliphatic rings.